The standard InChI is InChI=1S/C15H17ClN2O3S2/c1-10-12(16)4-3-5-15(10)23(20,21)18-13-7-9-22-14(13)6-8-17-11(2)19/h3-5,7,9,18H,6,8H2,1-2H3,(H,17,19). The number of amides is 1. The number of anilines is 1. The lowest BCUT2D eigenvalue weighted by molar-refractivity contribution is -0.118. The minimum absolute atomic E-state index is 0.113. The van der Waals surface area contributed by atoms with Crippen LogP contribution in [-0.2, 0) is 21.2 Å². The van der Waals surface area contributed by atoms with Crippen molar-refractivity contribution in [3.05, 3.63) is 45.1 Å². The molecule has 0 saturated carbocycles. The van der Waals surface area contributed by atoms with Crippen LogP contribution in [0.4, 0.5) is 5.69 Å². The molecule has 0 aliphatic heterocycles. The molecule has 2 aromatic rings. The van der Waals surface area contributed by atoms with Gasteiger partial charge in [0.1, 0.15) is 0 Å². The Kier molecular flexibility index (Phi) is 5.67. The first-order valence-electron chi connectivity index (χ1n) is 6.90. The highest BCUT2D eigenvalue weighted by Gasteiger charge is 2.20. The molecule has 0 fully saturated rings. The van der Waals surface area contributed by atoms with E-state index in [2.05, 4.69) is 10.0 Å². The van der Waals surface area contributed by atoms with E-state index in [4.69, 9.17) is 11.6 Å². The van der Waals surface area contributed by atoms with E-state index in [1.165, 1.54) is 24.3 Å². The van der Waals surface area contributed by atoms with Gasteiger partial charge in [0.05, 0.1) is 10.6 Å². The van der Waals surface area contributed by atoms with Crippen LogP contribution < -0.4 is 10.0 Å². The second-order valence-corrected chi connectivity index (χ2v) is 8.02. The van der Waals surface area contributed by atoms with Gasteiger partial charge in [0.15, 0.2) is 0 Å². The van der Waals surface area contributed by atoms with Crippen molar-refractivity contribution in [2.75, 3.05) is 11.3 Å². The summed E-state index contributed by atoms with van der Waals surface area (Å²) in [5.74, 6) is -0.113. The fourth-order valence-corrected chi connectivity index (χ4v) is 4.55. The third kappa shape index (κ3) is 4.46. The summed E-state index contributed by atoms with van der Waals surface area (Å²) in [6.07, 6.45) is 0.559. The number of carbonyl (C=O) groups is 1. The van der Waals surface area contributed by atoms with E-state index >= 15 is 0 Å². The Morgan fingerprint density at radius 3 is 2.74 bits per heavy atom. The molecule has 8 heteroatoms. The maximum absolute atomic E-state index is 12.6. The van der Waals surface area contributed by atoms with Crippen LogP contribution in [0.3, 0.4) is 0 Å². The minimum atomic E-state index is -3.72. The predicted octanol–water partition coefficient (Wildman–Crippen LogP) is 3.19. The number of nitrogens with one attached hydrogen (secondary N) is 2. The summed E-state index contributed by atoms with van der Waals surface area (Å²) < 4.78 is 27.7. The lowest BCUT2D eigenvalue weighted by Crippen LogP contribution is -2.22. The first kappa shape index (κ1) is 17.8. The fourth-order valence-electron chi connectivity index (χ4n) is 2.06. The van der Waals surface area contributed by atoms with Crippen molar-refractivity contribution in [1.82, 2.24) is 5.32 Å². The van der Waals surface area contributed by atoms with Gasteiger partial charge in [-0.15, -0.1) is 11.3 Å². The molecule has 1 heterocycles. The first-order chi connectivity index (χ1) is 10.8. The van der Waals surface area contributed by atoms with E-state index in [1.807, 2.05) is 5.38 Å². The van der Waals surface area contributed by atoms with Gasteiger partial charge < -0.3 is 5.32 Å². The normalized spacial score (nSPS) is 11.3. The van der Waals surface area contributed by atoms with Gasteiger partial charge in [-0.1, -0.05) is 17.7 Å². The second-order valence-electron chi connectivity index (χ2n) is 4.96. The Balaban J connectivity index is 2.20. The summed E-state index contributed by atoms with van der Waals surface area (Å²) in [7, 11) is -3.72. The Morgan fingerprint density at radius 2 is 2.04 bits per heavy atom. The van der Waals surface area contributed by atoms with E-state index in [0.717, 1.165) is 4.88 Å². The molecule has 0 aliphatic carbocycles. The van der Waals surface area contributed by atoms with Crippen LogP contribution in [0.1, 0.15) is 17.4 Å². The third-order valence-corrected chi connectivity index (χ3v) is 6.12. The summed E-state index contributed by atoms with van der Waals surface area (Å²) in [5, 5.41) is 4.91. The number of halogens is 1. The van der Waals surface area contributed by atoms with Gasteiger partial charge in [0, 0.05) is 29.8 Å². The van der Waals surface area contributed by atoms with E-state index in [1.54, 1.807) is 25.1 Å². The van der Waals surface area contributed by atoms with Crippen LogP contribution in [0.5, 0.6) is 0 Å². The summed E-state index contributed by atoms with van der Waals surface area (Å²) >= 11 is 7.44. The smallest absolute Gasteiger partial charge is 0.262 e. The van der Waals surface area contributed by atoms with Gasteiger partial charge >= 0.3 is 0 Å². The molecule has 1 aromatic carbocycles. The summed E-state index contributed by atoms with van der Waals surface area (Å²) in [6, 6.07) is 6.49. The lowest BCUT2D eigenvalue weighted by Gasteiger charge is -2.12. The van der Waals surface area contributed by atoms with E-state index < -0.39 is 10.0 Å². The lowest BCUT2D eigenvalue weighted by atomic mass is 10.2. The van der Waals surface area contributed by atoms with Crippen LogP contribution >= 0.6 is 22.9 Å². The molecule has 0 atom stereocenters. The molecule has 23 heavy (non-hydrogen) atoms. The SMILES string of the molecule is CC(=O)NCCc1sccc1NS(=O)(=O)c1cccc(Cl)c1C. The topological polar surface area (TPSA) is 75.3 Å². The predicted molar refractivity (Wildman–Crippen MR) is 93.7 cm³/mol. The average molecular weight is 373 g/mol. The van der Waals surface area contributed by atoms with Gasteiger partial charge in [0.25, 0.3) is 10.0 Å². The van der Waals surface area contributed by atoms with Crippen molar-refractivity contribution >= 4 is 44.6 Å². The van der Waals surface area contributed by atoms with Gasteiger partial charge in [-0.2, -0.15) is 0 Å². The van der Waals surface area contributed by atoms with Crippen LogP contribution in [0.15, 0.2) is 34.5 Å². The Hall–Kier alpha value is -1.57. The zero-order valence-corrected chi connectivity index (χ0v) is 15.1. The highest BCUT2D eigenvalue weighted by molar-refractivity contribution is 7.92. The van der Waals surface area contributed by atoms with E-state index in [0.29, 0.717) is 29.2 Å². The number of carbonyl (C=O) groups excluding carboxylic acids is 1. The number of hydrogen-bond acceptors (Lipinski definition) is 4. The highest BCUT2D eigenvalue weighted by Crippen LogP contribution is 2.28. The Labute approximate surface area is 144 Å². The molecule has 2 rings (SSSR count). The number of rotatable bonds is 6. The summed E-state index contributed by atoms with van der Waals surface area (Å²) in [4.78, 5) is 11.9. The molecular weight excluding hydrogens is 356 g/mol. The highest BCUT2D eigenvalue weighted by atomic mass is 35.5. The number of thiophene rings is 1. The van der Waals surface area contributed by atoms with Gasteiger partial charge in [-0.25, -0.2) is 8.42 Å². The maximum Gasteiger partial charge on any atom is 0.262 e. The van der Waals surface area contributed by atoms with Crippen LogP contribution in [0.25, 0.3) is 0 Å². The van der Waals surface area contributed by atoms with Gasteiger partial charge in [-0.05, 0) is 36.1 Å². The molecule has 1 amide bonds. The molecule has 5 nitrogen and oxygen atoms in total. The second kappa shape index (κ2) is 7.33. The molecule has 0 aliphatic rings. The largest absolute Gasteiger partial charge is 0.356 e. The van der Waals surface area contributed by atoms with Crippen molar-refractivity contribution in [3.8, 4) is 0 Å². The van der Waals surface area contributed by atoms with Crippen LogP contribution in [0, 0.1) is 6.92 Å². The van der Waals surface area contributed by atoms with Crippen LogP contribution in [0.2, 0.25) is 5.02 Å². The average Bonchev–Trinajstić information content (AvgIpc) is 2.88. The van der Waals surface area contributed by atoms with E-state index in [-0.39, 0.29) is 10.8 Å². The fraction of sp³-hybridized carbons (Fsp3) is 0.267. The Bertz CT molecular complexity index is 816. The van der Waals surface area contributed by atoms with Crippen molar-refractivity contribution < 1.29 is 13.2 Å². The van der Waals surface area contributed by atoms with Crippen molar-refractivity contribution in [2.45, 2.75) is 25.2 Å². The number of benzene rings is 1. The third-order valence-electron chi connectivity index (χ3n) is 3.22. The summed E-state index contributed by atoms with van der Waals surface area (Å²) in [5.41, 5.74) is 1.04. The van der Waals surface area contributed by atoms with E-state index in [9.17, 15) is 13.2 Å². The van der Waals surface area contributed by atoms with Crippen molar-refractivity contribution in [1.29, 1.82) is 0 Å². The molecule has 124 valence electrons. The maximum atomic E-state index is 12.6. The summed E-state index contributed by atoms with van der Waals surface area (Å²) in [6.45, 7) is 3.57. The molecular formula is C15H17ClN2O3S2. The zero-order valence-electron chi connectivity index (χ0n) is 12.7. The monoisotopic (exact) mass is 372 g/mol. The van der Waals surface area contributed by atoms with Crippen molar-refractivity contribution in [3.63, 3.8) is 0 Å². The van der Waals surface area contributed by atoms with Crippen molar-refractivity contribution in [2.24, 2.45) is 0 Å². The Morgan fingerprint density at radius 1 is 1.30 bits per heavy atom. The molecule has 1 aromatic heterocycles. The first-order valence-corrected chi connectivity index (χ1v) is 9.64. The van der Waals surface area contributed by atoms with Gasteiger partial charge in [0.2, 0.25) is 5.91 Å². The van der Waals surface area contributed by atoms with Crippen LogP contribution in [-0.4, -0.2) is 20.9 Å². The molecule has 2 N–H and O–H groups in total. The quantitative estimate of drug-likeness (QED) is 0.817. The molecule has 0 spiro atoms. The minimum Gasteiger partial charge on any atom is -0.356 e. The number of sulfonamides is 1. The van der Waals surface area contributed by atoms with Gasteiger partial charge in [-0.3, -0.25) is 9.52 Å². The molecule has 0 saturated heterocycles. The zero-order chi connectivity index (χ0) is 17.0. The molecule has 0 bridgehead atoms. The molecule has 0 radical (unpaired) electrons. The molecule has 0 unspecified atom stereocenters. The number of hydrogen-bond donors (Lipinski definition) is 2.